The smallest absolute Gasteiger partial charge is 0.257 e. The summed E-state index contributed by atoms with van der Waals surface area (Å²) in [6.07, 6.45) is 1.67. The summed E-state index contributed by atoms with van der Waals surface area (Å²) in [4.78, 5) is 21.2. The first-order valence-corrected chi connectivity index (χ1v) is 10.1. The number of nitrogens with zero attached hydrogens (tertiary/aromatic N) is 2. The molecule has 2 N–H and O–H groups in total. The molecule has 0 aliphatic heterocycles. The molecule has 8 nitrogen and oxygen atoms in total. The minimum absolute atomic E-state index is 0.165. The number of ether oxygens (including phenoxy) is 2. The SMILES string of the molecule is COc1cc(OC)cc(C(=O)NC(=S)Nc2ccc(-c3nc4ncccc4o3)cc2C)c1. The fourth-order valence-corrected chi connectivity index (χ4v) is 3.30. The van der Waals surface area contributed by atoms with Crippen molar-refractivity contribution in [3.63, 3.8) is 0 Å². The lowest BCUT2D eigenvalue weighted by Crippen LogP contribution is -2.34. The third-order valence-electron chi connectivity index (χ3n) is 4.73. The monoisotopic (exact) mass is 448 g/mol. The fourth-order valence-electron chi connectivity index (χ4n) is 3.10. The van der Waals surface area contributed by atoms with Gasteiger partial charge in [-0.15, -0.1) is 0 Å². The van der Waals surface area contributed by atoms with Crippen LogP contribution in [0.1, 0.15) is 15.9 Å². The molecule has 9 heteroatoms. The van der Waals surface area contributed by atoms with Crippen LogP contribution in [0, 0.1) is 6.92 Å². The minimum Gasteiger partial charge on any atom is -0.497 e. The molecule has 2 aromatic carbocycles. The van der Waals surface area contributed by atoms with Crippen molar-refractivity contribution >= 4 is 40.2 Å². The number of hydrogen-bond acceptors (Lipinski definition) is 7. The van der Waals surface area contributed by atoms with Crippen LogP contribution in [0.15, 0.2) is 59.1 Å². The van der Waals surface area contributed by atoms with Gasteiger partial charge in [0, 0.05) is 29.1 Å². The molecule has 2 aromatic heterocycles. The number of aryl methyl sites for hydroxylation is 1. The summed E-state index contributed by atoms with van der Waals surface area (Å²) in [7, 11) is 3.04. The molecule has 162 valence electrons. The molecular formula is C23H20N4O4S. The van der Waals surface area contributed by atoms with Crippen molar-refractivity contribution in [3.8, 4) is 23.0 Å². The largest absolute Gasteiger partial charge is 0.497 e. The lowest BCUT2D eigenvalue weighted by Gasteiger charge is -2.13. The van der Waals surface area contributed by atoms with Crippen LogP contribution in [0.2, 0.25) is 0 Å². The Morgan fingerprint density at radius 1 is 1.06 bits per heavy atom. The molecule has 32 heavy (non-hydrogen) atoms. The molecule has 1 amide bonds. The topological polar surface area (TPSA) is 98.5 Å². The van der Waals surface area contributed by atoms with Crippen molar-refractivity contribution < 1.29 is 18.7 Å². The van der Waals surface area contributed by atoms with Gasteiger partial charge in [0.25, 0.3) is 5.91 Å². The number of amides is 1. The van der Waals surface area contributed by atoms with E-state index in [2.05, 4.69) is 20.6 Å². The first kappa shape index (κ1) is 21.3. The van der Waals surface area contributed by atoms with Gasteiger partial charge in [-0.25, -0.2) is 4.98 Å². The average Bonchev–Trinajstić information content (AvgIpc) is 3.24. The van der Waals surface area contributed by atoms with Gasteiger partial charge >= 0.3 is 0 Å². The number of carbonyl (C=O) groups is 1. The first-order valence-electron chi connectivity index (χ1n) is 9.65. The number of nitrogens with one attached hydrogen (secondary N) is 2. The zero-order valence-electron chi connectivity index (χ0n) is 17.6. The second kappa shape index (κ2) is 9.03. The second-order valence-electron chi connectivity index (χ2n) is 6.88. The van der Waals surface area contributed by atoms with Crippen LogP contribution in [0.3, 0.4) is 0 Å². The van der Waals surface area contributed by atoms with Crippen LogP contribution in [-0.4, -0.2) is 35.2 Å². The number of carbonyl (C=O) groups excluding carboxylic acids is 1. The molecule has 0 saturated heterocycles. The fraction of sp³-hybridized carbons (Fsp3) is 0.130. The molecule has 0 spiro atoms. The highest BCUT2D eigenvalue weighted by Gasteiger charge is 2.14. The van der Waals surface area contributed by atoms with Crippen LogP contribution in [-0.2, 0) is 0 Å². The molecule has 0 aliphatic carbocycles. The van der Waals surface area contributed by atoms with Gasteiger partial charge < -0.3 is 19.2 Å². The van der Waals surface area contributed by atoms with Gasteiger partial charge in [0.05, 0.1) is 14.2 Å². The van der Waals surface area contributed by atoms with E-state index in [1.807, 2.05) is 31.2 Å². The van der Waals surface area contributed by atoms with Crippen LogP contribution >= 0.6 is 12.2 Å². The molecule has 0 bridgehead atoms. The van der Waals surface area contributed by atoms with E-state index >= 15 is 0 Å². The van der Waals surface area contributed by atoms with Gasteiger partial charge in [0.2, 0.25) is 5.89 Å². The van der Waals surface area contributed by atoms with E-state index in [1.54, 1.807) is 30.5 Å². The van der Waals surface area contributed by atoms with Crippen molar-refractivity contribution in [2.75, 3.05) is 19.5 Å². The normalized spacial score (nSPS) is 10.6. The van der Waals surface area contributed by atoms with Crippen molar-refractivity contribution in [2.24, 2.45) is 0 Å². The van der Waals surface area contributed by atoms with Crippen LogP contribution < -0.4 is 20.1 Å². The number of oxazole rings is 1. The Labute approximate surface area is 189 Å². The maximum Gasteiger partial charge on any atom is 0.257 e. The summed E-state index contributed by atoms with van der Waals surface area (Å²) in [5, 5.41) is 5.88. The van der Waals surface area contributed by atoms with Crippen LogP contribution in [0.5, 0.6) is 11.5 Å². The lowest BCUT2D eigenvalue weighted by atomic mass is 10.1. The number of thiocarbonyl (C=S) groups is 1. The first-order chi connectivity index (χ1) is 15.5. The molecule has 0 saturated carbocycles. The van der Waals surface area contributed by atoms with Crippen molar-refractivity contribution in [2.45, 2.75) is 6.92 Å². The van der Waals surface area contributed by atoms with E-state index in [0.717, 1.165) is 16.8 Å². The third-order valence-corrected chi connectivity index (χ3v) is 4.93. The summed E-state index contributed by atoms with van der Waals surface area (Å²) in [5.41, 5.74) is 4.00. The van der Waals surface area contributed by atoms with Gasteiger partial charge in [0.1, 0.15) is 11.5 Å². The molecule has 0 atom stereocenters. The number of fused-ring (bicyclic) bond motifs is 1. The van der Waals surface area contributed by atoms with Crippen LogP contribution in [0.4, 0.5) is 5.69 Å². The Bertz CT molecular complexity index is 1260. The van der Waals surface area contributed by atoms with E-state index in [4.69, 9.17) is 26.1 Å². The van der Waals surface area contributed by atoms with E-state index in [1.165, 1.54) is 14.2 Å². The van der Waals surface area contributed by atoms with Crippen molar-refractivity contribution in [1.29, 1.82) is 0 Å². The highest BCUT2D eigenvalue weighted by molar-refractivity contribution is 7.80. The van der Waals surface area contributed by atoms with Gasteiger partial charge in [0.15, 0.2) is 16.3 Å². The number of pyridine rings is 1. The zero-order chi connectivity index (χ0) is 22.7. The molecule has 0 unspecified atom stereocenters. The Morgan fingerprint density at radius 2 is 1.81 bits per heavy atom. The van der Waals surface area contributed by atoms with Crippen molar-refractivity contribution in [3.05, 3.63) is 65.9 Å². The molecule has 0 fully saturated rings. The number of benzene rings is 2. The van der Waals surface area contributed by atoms with Crippen molar-refractivity contribution in [1.82, 2.24) is 15.3 Å². The molecule has 0 radical (unpaired) electrons. The predicted octanol–water partition coefficient (Wildman–Crippen LogP) is 4.34. The number of methoxy groups -OCH3 is 2. The summed E-state index contributed by atoms with van der Waals surface area (Å²) in [6, 6.07) is 14.1. The zero-order valence-corrected chi connectivity index (χ0v) is 18.4. The maximum atomic E-state index is 12.6. The number of rotatable bonds is 5. The Balaban J connectivity index is 1.47. The summed E-state index contributed by atoms with van der Waals surface area (Å²) in [5.74, 6) is 1.12. The Morgan fingerprint density at radius 3 is 2.47 bits per heavy atom. The second-order valence-corrected chi connectivity index (χ2v) is 7.29. The van der Waals surface area contributed by atoms with Gasteiger partial charge in [-0.05, 0) is 67.2 Å². The lowest BCUT2D eigenvalue weighted by molar-refractivity contribution is 0.0977. The van der Waals surface area contributed by atoms with Crippen LogP contribution in [0.25, 0.3) is 22.7 Å². The highest BCUT2D eigenvalue weighted by atomic mass is 32.1. The van der Waals surface area contributed by atoms with Gasteiger partial charge in [-0.3, -0.25) is 10.1 Å². The number of anilines is 1. The summed E-state index contributed by atoms with van der Waals surface area (Å²) >= 11 is 5.32. The third kappa shape index (κ3) is 4.52. The Hall–Kier alpha value is -3.98. The predicted molar refractivity (Wildman–Crippen MR) is 125 cm³/mol. The van der Waals surface area contributed by atoms with E-state index in [0.29, 0.717) is 34.2 Å². The standard InChI is InChI=1S/C23H20N4O4S/c1-13-9-14(22-26-20-19(31-22)5-4-8-24-20)6-7-18(13)25-23(32)27-21(28)15-10-16(29-2)12-17(11-15)30-3/h4-12H,1-3H3,(H2,25,27,28,32). The Kier molecular flexibility index (Phi) is 6.00. The van der Waals surface area contributed by atoms with E-state index in [-0.39, 0.29) is 11.0 Å². The number of hydrogen-bond donors (Lipinski definition) is 2. The molecule has 0 aliphatic rings. The molecule has 2 heterocycles. The summed E-state index contributed by atoms with van der Waals surface area (Å²) < 4.78 is 16.2. The van der Waals surface area contributed by atoms with Gasteiger partial charge in [-0.1, -0.05) is 0 Å². The number of aromatic nitrogens is 2. The maximum absolute atomic E-state index is 12.6. The highest BCUT2D eigenvalue weighted by Crippen LogP contribution is 2.27. The van der Waals surface area contributed by atoms with E-state index < -0.39 is 0 Å². The minimum atomic E-state index is -0.382. The average molecular weight is 449 g/mol. The summed E-state index contributed by atoms with van der Waals surface area (Å²) in [6.45, 7) is 1.92. The molecule has 4 aromatic rings. The molecular weight excluding hydrogens is 428 g/mol. The quantitative estimate of drug-likeness (QED) is 0.435. The molecule has 4 rings (SSSR count). The van der Waals surface area contributed by atoms with Gasteiger partial charge in [-0.2, -0.15) is 4.98 Å². The van der Waals surface area contributed by atoms with E-state index in [9.17, 15) is 4.79 Å².